The van der Waals surface area contributed by atoms with Crippen molar-refractivity contribution >= 4 is 23.6 Å². The lowest BCUT2D eigenvalue weighted by Crippen LogP contribution is -2.51. The van der Waals surface area contributed by atoms with Crippen molar-refractivity contribution in [3.05, 3.63) is 64.7 Å². The van der Waals surface area contributed by atoms with Gasteiger partial charge in [0.25, 0.3) is 5.91 Å². The highest BCUT2D eigenvalue weighted by Crippen LogP contribution is 2.46. The molecule has 7 nitrogen and oxygen atoms in total. The van der Waals surface area contributed by atoms with Crippen LogP contribution in [0, 0.1) is 11.6 Å². The van der Waals surface area contributed by atoms with Gasteiger partial charge in [0.05, 0.1) is 5.69 Å². The van der Waals surface area contributed by atoms with Crippen LogP contribution < -0.4 is 5.73 Å². The first kappa shape index (κ1) is 24.4. The van der Waals surface area contributed by atoms with Crippen molar-refractivity contribution in [2.75, 3.05) is 12.3 Å². The number of aryl methyl sites for hydroxylation is 1. The summed E-state index contributed by atoms with van der Waals surface area (Å²) >= 11 is 0. The molecule has 2 aromatic rings. The van der Waals surface area contributed by atoms with E-state index in [2.05, 4.69) is 0 Å². The molecule has 1 heterocycles. The highest BCUT2D eigenvalue weighted by atomic mass is 19.4. The Hall–Kier alpha value is -3.70. The number of anilines is 1. The van der Waals surface area contributed by atoms with Crippen LogP contribution in [0.25, 0.3) is 0 Å². The summed E-state index contributed by atoms with van der Waals surface area (Å²) in [4.78, 5) is 39.6. The van der Waals surface area contributed by atoms with Crippen molar-refractivity contribution in [1.29, 1.82) is 0 Å². The van der Waals surface area contributed by atoms with Crippen molar-refractivity contribution in [3.63, 3.8) is 0 Å². The fourth-order valence-corrected chi connectivity index (χ4v) is 4.31. The van der Waals surface area contributed by atoms with E-state index in [1.54, 1.807) is 0 Å². The number of hydrogen-bond donors (Lipinski definition) is 1. The number of ether oxygens (including phenoxy) is 1. The lowest BCUT2D eigenvalue weighted by Gasteiger charge is -2.31. The van der Waals surface area contributed by atoms with Gasteiger partial charge in [-0.15, -0.1) is 0 Å². The fraction of sp³-hybridized carbons (Fsp3) is 0.348. The van der Waals surface area contributed by atoms with Gasteiger partial charge >= 0.3 is 12.3 Å². The van der Waals surface area contributed by atoms with Gasteiger partial charge in [-0.1, -0.05) is 12.1 Å². The van der Waals surface area contributed by atoms with Crippen molar-refractivity contribution in [2.24, 2.45) is 0 Å². The lowest BCUT2D eigenvalue weighted by molar-refractivity contribution is -0.187. The Balaban J connectivity index is 1.60. The molecule has 2 N–H and O–H groups in total. The molecule has 2 aliphatic rings. The number of alkyl halides is 3. The normalized spacial score (nSPS) is 20.2. The number of rotatable bonds is 5. The molecule has 1 fully saturated rings. The molecule has 12 heteroatoms. The third-order valence-corrected chi connectivity index (χ3v) is 6.30. The molecule has 1 unspecified atom stereocenters. The monoisotopic (exact) mass is 497 g/mol. The molecule has 0 radical (unpaired) electrons. The largest absolute Gasteiger partial charge is 0.427 e. The SMILES string of the molecule is C[C@H](N(Cc1ccc(F)cc1)C(=O)CN1C(=O)OC2(CCc3cc(N)c(F)cc32)C1=O)C(F)(F)F. The second-order valence-electron chi connectivity index (χ2n) is 8.48. The van der Waals surface area contributed by atoms with E-state index < -0.39 is 60.5 Å². The third-order valence-electron chi connectivity index (χ3n) is 6.30. The van der Waals surface area contributed by atoms with Crippen molar-refractivity contribution in [3.8, 4) is 0 Å². The van der Waals surface area contributed by atoms with Crippen LogP contribution in [0.1, 0.15) is 30.0 Å². The Bertz CT molecular complexity index is 1200. The summed E-state index contributed by atoms with van der Waals surface area (Å²) < 4.78 is 73.1. The molecule has 1 aliphatic carbocycles. The molecule has 1 spiro atoms. The summed E-state index contributed by atoms with van der Waals surface area (Å²) in [5.74, 6) is -3.59. The Morgan fingerprint density at radius 2 is 1.86 bits per heavy atom. The number of fused-ring (bicyclic) bond motifs is 2. The molecule has 186 valence electrons. The van der Waals surface area contributed by atoms with Crippen LogP contribution in [0.2, 0.25) is 0 Å². The topological polar surface area (TPSA) is 92.9 Å². The van der Waals surface area contributed by atoms with E-state index in [1.807, 2.05) is 0 Å². The summed E-state index contributed by atoms with van der Waals surface area (Å²) in [6.07, 6.45) is -5.83. The van der Waals surface area contributed by atoms with Gasteiger partial charge in [0.1, 0.15) is 24.2 Å². The number of imide groups is 1. The highest BCUT2D eigenvalue weighted by Gasteiger charge is 2.59. The number of carbonyl (C=O) groups excluding carboxylic acids is 3. The van der Waals surface area contributed by atoms with Crippen LogP contribution in [0.15, 0.2) is 36.4 Å². The molecule has 0 saturated carbocycles. The molecule has 35 heavy (non-hydrogen) atoms. The summed E-state index contributed by atoms with van der Waals surface area (Å²) in [6.45, 7) is -0.809. The third kappa shape index (κ3) is 4.28. The van der Waals surface area contributed by atoms with Crippen LogP contribution >= 0.6 is 0 Å². The van der Waals surface area contributed by atoms with Gasteiger partial charge < -0.3 is 15.4 Å². The number of nitrogen functional groups attached to an aromatic ring is 1. The first-order valence-corrected chi connectivity index (χ1v) is 10.6. The van der Waals surface area contributed by atoms with Crippen LogP contribution in [0.4, 0.5) is 32.4 Å². The van der Waals surface area contributed by atoms with Crippen molar-refractivity contribution in [2.45, 2.75) is 44.1 Å². The first-order valence-electron chi connectivity index (χ1n) is 10.6. The number of carbonyl (C=O) groups is 3. The maximum absolute atomic E-state index is 14.1. The maximum atomic E-state index is 14.1. The molecule has 0 bridgehead atoms. The number of halogens is 5. The van der Waals surface area contributed by atoms with E-state index >= 15 is 0 Å². The quantitative estimate of drug-likeness (QED) is 0.503. The van der Waals surface area contributed by atoms with Gasteiger partial charge in [-0.05, 0) is 48.7 Å². The predicted molar refractivity (Wildman–Crippen MR) is 111 cm³/mol. The Morgan fingerprint density at radius 3 is 2.49 bits per heavy atom. The zero-order valence-electron chi connectivity index (χ0n) is 18.4. The van der Waals surface area contributed by atoms with Gasteiger partial charge in [-0.2, -0.15) is 13.2 Å². The molecular weight excluding hydrogens is 477 g/mol. The van der Waals surface area contributed by atoms with E-state index in [1.165, 1.54) is 18.2 Å². The number of nitrogens with zero attached hydrogens (tertiary/aromatic N) is 2. The average Bonchev–Trinajstić information content (AvgIpc) is 3.24. The molecule has 4 rings (SSSR count). The highest BCUT2D eigenvalue weighted by molar-refractivity contribution is 6.06. The maximum Gasteiger partial charge on any atom is 0.418 e. The van der Waals surface area contributed by atoms with Gasteiger partial charge in [-0.3, -0.25) is 9.59 Å². The molecule has 2 aromatic carbocycles. The second kappa shape index (κ2) is 8.51. The van der Waals surface area contributed by atoms with E-state index in [4.69, 9.17) is 10.5 Å². The van der Waals surface area contributed by atoms with Crippen LogP contribution in [0.3, 0.4) is 0 Å². The van der Waals surface area contributed by atoms with Crippen LogP contribution in [-0.4, -0.2) is 46.5 Å². The van der Waals surface area contributed by atoms with Gasteiger partial charge in [0, 0.05) is 18.5 Å². The predicted octanol–water partition coefficient (Wildman–Crippen LogP) is 3.65. The first-order chi connectivity index (χ1) is 16.3. The zero-order valence-corrected chi connectivity index (χ0v) is 18.4. The van der Waals surface area contributed by atoms with E-state index in [-0.39, 0.29) is 29.7 Å². The summed E-state index contributed by atoms with van der Waals surface area (Å²) in [7, 11) is 0. The zero-order chi connectivity index (χ0) is 25.7. The number of hydrogen-bond acceptors (Lipinski definition) is 5. The smallest absolute Gasteiger partial charge is 0.418 e. The van der Waals surface area contributed by atoms with Gasteiger partial charge in [0.15, 0.2) is 0 Å². The van der Waals surface area contributed by atoms with E-state index in [9.17, 15) is 36.3 Å². The average molecular weight is 497 g/mol. The summed E-state index contributed by atoms with van der Waals surface area (Å²) in [6, 6.07) is 4.55. The lowest BCUT2D eigenvalue weighted by atomic mass is 9.94. The van der Waals surface area contributed by atoms with Crippen LogP contribution in [-0.2, 0) is 32.9 Å². The molecule has 0 aromatic heterocycles. The Kier molecular flexibility index (Phi) is 5.94. The fourth-order valence-electron chi connectivity index (χ4n) is 4.31. The molecule has 3 amide bonds. The molecule has 2 atom stereocenters. The second-order valence-corrected chi connectivity index (χ2v) is 8.48. The number of nitrogens with two attached hydrogens (primary N) is 1. The van der Waals surface area contributed by atoms with Gasteiger partial charge in [0.2, 0.25) is 11.5 Å². The van der Waals surface area contributed by atoms with Crippen molar-refractivity contribution < 1.29 is 41.1 Å². The van der Waals surface area contributed by atoms with E-state index in [0.717, 1.165) is 25.1 Å². The summed E-state index contributed by atoms with van der Waals surface area (Å²) in [5, 5.41) is 0. The van der Waals surface area contributed by atoms with Gasteiger partial charge in [-0.25, -0.2) is 18.5 Å². The minimum Gasteiger partial charge on any atom is -0.427 e. The minimum atomic E-state index is -4.81. The Labute approximate surface area is 196 Å². The Morgan fingerprint density at radius 1 is 1.20 bits per heavy atom. The molecule has 1 aliphatic heterocycles. The summed E-state index contributed by atoms with van der Waals surface area (Å²) in [5.41, 5.74) is 4.32. The molecular formula is C23H20F5N3O4. The van der Waals surface area contributed by atoms with E-state index in [0.29, 0.717) is 15.4 Å². The minimum absolute atomic E-state index is 0.0290. The molecule has 1 saturated heterocycles. The number of benzene rings is 2. The van der Waals surface area contributed by atoms with Crippen molar-refractivity contribution in [1.82, 2.24) is 9.80 Å². The standard InChI is InChI=1S/C23H20F5N3O4/c1-12(23(26,27)28)30(10-13-2-4-15(24)5-3-13)19(32)11-31-20(33)22(35-21(31)34)7-6-14-8-18(29)17(25)9-16(14)22/h2-5,8-9,12H,6-7,10-11,29H2,1H3/t12-,22?/m0/s1. The van der Waals surface area contributed by atoms with Crippen LogP contribution in [0.5, 0.6) is 0 Å². The number of amides is 3.